The molecule has 1 atom stereocenters. The second-order valence-electron chi connectivity index (χ2n) is 5.98. The van der Waals surface area contributed by atoms with E-state index >= 15 is 0 Å². The van der Waals surface area contributed by atoms with Crippen molar-refractivity contribution in [2.75, 3.05) is 12.3 Å². The highest BCUT2D eigenvalue weighted by atomic mass is 32.2. The summed E-state index contributed by atoms with van der Waals surface area (Å²) in [5.41, 5.74) is 0.902. The van der Waals surface area contributed by atoms with Gasteiger partial charge in [-0.1, -0.05) is 25.0 Å². The maximum absolute atomic E-state index is 13.6. The summed E-state index contributed by atoms with van der Waals surface area (Å²) >= 11 is 1.52. The molecule has 1 saturated heterocycles. The Morgan fingerprint density at radius 2 is 2.04 bits per heavy atom. The number of carbonyl (C=O) groups excluding carboxylic acids is 1. The Bertz CT molecular complexity index is 680. The van der Waals surface area contributed by atoms with E-state index < -0.39 is 0 Å². The summed E-state index contributed by atoms with van der Waals surface area (Å²) in [6, 6.07) is 10.5. The van der Waals surface area contributed by atoms with Crippen molar-refractivity contribution in [3.8, 4) is 0 Å². The van der Waals surface area contributed by atoms with Crippen molar-refractivity contribution in [3.05, 3.63) is 60.2 Å². The zero-order valence-corrected chi connectivity index (χ0v) is 14.3. The largest absolute Gasteiger partial charge is 0.335 e. The van der Waals surface area contributed by atoms with Crippen molar-refractivity contribution in [1.29, 1.82) is 0 Å². The number of rotatable bonds is 4. The number of thioether (sulfide) groups is 1. The molecule has 1 aromatic carbocycles. The van der Waals surface area contributed by atoms with E-state index in [1.807, 2.05) is 23.1 Å². The van der Waals surface area contributed by atoms with Crippen LogP contribution >= 0.6 is 11.8 Å². The van der Waals surface area contributed by atoms with Crippen molar-refractivity contribution in [1.82, 2.24) is 9.88 Å². The topological polar surface area (TPSA) is 33.2 Å². The highest BCUT2D eigenvalue weighted by Gasteiger charge is 2.26. The van der Waals surface area contributed by atoms with Crippen LogP contribution in [-0.4, -0.2) is 28.1 Å². The fourth-order valence-electron chi connectivity index (χ4n) is 3.13. The molecule has 1 unspecified atom stereocenters. The first kappa shape index (κ1) is 17.0. The van der Waals surface area contributed by atoms with Gasteiger partial charge in [-0.2, -0.15) is 0 Å². The Morgan fingerprint density at radius 3 is 2.83 bits per heavy atom. The normalized spacial score (nSPS) is 18.2. The van der Waals surface area contributed by atoms with E-state index in [2.05, 4.69) is 4.98 Å². The van der Waals surface area contributed by atoms with Crippen LogP contribution in [0.5, 0.6) is 0 Å². The van der Waals surface area contributed by atoms with Gasteiger partial charge in [0.15, 0.2) is 0 Å². The first-order valence-corrected chi connectivity index (χ1v) is 9.30. The minimum Gasteiger partial charge on any atom is -0.335 e. The number of amides is 1. The highest BCUT2D eigenvalue weighted by Crippen LogP contribution is 2.31. The average molecular weight is 344 g/mol. The molecule has 0 N–H and O–H groups in total. The third-order valence-corrected chi connectivity index (χ3v) is 5.32. The van der Waals surface area contributed by atoms with E-state index in [0.29, 0.717) is 5.75 Å². The SMILES string of the molecule is O=C(CSc1ccncc1)N1CCCCCC1c1cccc(F)c1. The molecule has 1 fully saturated rings. The average Bonchev–Trinajstić information content (AvgIpc) is 2.86. The summed E-state index contributed by atoms with van der Waals surface area (Å²) in [7, 11) is 0. The number of aromatic nitrogens is 1. The van der Waals surface area contributed by atoms with Crippen molar-refractivity contribution >= 4 is 17.7 Å². The Kier molecular flexibility index (Phi) is 5.86. The van der Waals surface area contributed by atoms with Crippen molar-refractivity contribution in [3.63, 3.8) is 0 Å². The number of benzene rings is 1. The first-order valence-electron chi connectivity index (χ1n) is 8.32. The number of likely N-dealkylation sites (tertiary alicyclic amines) is 1. The Labute approximate surface area is 146 Å². The fraction of sp³-hybridized carbons (Fsp3) is 0.368. The molecule has 1 amide bonds. The second kappa shape index (κ2) is 8.29. The molecular formula is C19H21FN2OS. The van der Waals surface area contributed by atoms with Crippen molar-refractivity contribution < 1.29 is 9.18 Å². The maximum Gasteiger partial charge on any atom is 0.233 e. The molecule has 0 bridgehead atoms. The van der Waals surface area contributed by atoms with Crippen LogP contribution in [0, 0.1) is 5.82 Å². The molecule has 5 heteroatoms. The van der Waals surface area contributed by atoms with Gasteiger partial charge in [0.05, 0.1) is 11.8 Å². The lowest BCUT2D eigenvalue weighted by Crippen LogP contribution is -2.36. The summed E-state index contributed by atoms with van der Waals surface area (Å²) in [4.78, 5) is 19.8. The van der Waals surface area contributed by atoms with Gasteiger partial charge in [-0.05, 0) is 42.7 Å². The predicted molar refractivity (Wildman–Crippen MR) is 94.3 cm³/mol. The van der Waals surface area contributed by atoms with Gasteiger partial charge < -0.3 is 4.90 Å². The molecule has 24 heavy (non-hydrogen) atoms. The van der Waals surface area contributed by atoms with Crippen molar-refractivity contribution in [2.45, 2.75) is 36.6 Å². The van der Waals surface area contributed by atoms with E-state index in [-0.39, 0.29) is 17.8 Å². The molecule has 0 radical (unpaired) electrons. The summed E-state index contributed by atoms with van der Waals surface area (Å²) in [6.45, 7) is 0.747. The zero-order valence-electron chi connectivity index (χ0n) is 13.5. The number of halogens is 1. The van der Waals surface area contributed by atoms with Crippen molar-refractivity contribution in [2.24, 2.45) is 0 Å². The van der Waals surface area contributed by atoms with Crippen LogP contribution < -0.4 is 0 Å². The number of hydrogen-bond donors (Lipinski definition) is 0. The van der Waals surface area contributed by atoms with Crippen LogP contribution in [-0.2, 0) is 4.79 Å². The van der Waals surface area contributed by atoms with Gasteiger partial charge in [0.2, 0.25) is 5.91 Å². The Hall–Kier alpha value is -1.88. The summed E-state index contributed by atoms with van der Waals surface area (Å²) in [5, 5.41) is 0. The van der Waals surface area contributed by atoms with Crippen LogP contribution in [0.2, 0.25) is 0 Å². The van der Waals surface area contributed by atoms with E-state index in [0.717, 1.165) is 42.7 Å². The van der Waals surface area contributed by atoms with Crippen LogP contribution in [0.4, 0.5) is 4.39 Å². The highest BCUT2D eigenvalue weighted by molar-refractivity contribution is 8.00. The lowest BCUT2D eigenvalue weighted by molar-refractivity contribution is -0.130. The van der Waals surface area contributed by atoms with Gasteiger partial charge >= 0.3 is 0 Å². The van der Waals surface area contributed by atoms with E-state index in [9.17, 15) is 9.18 Å². The monoisotopic (exact) mass is 344 g/mol. The summed E-state index contributed by atoms with van der Waals surface area (Å²) < 4.78 is 13.6. The molecule has 126 valence electrons. The molecule has 1 aliphatic rings. The number of pyridine rings is 1. The molecule has 2 aromatic rings. The lowest BCUT2D eigenvalue weighted by Gasteiger charge is -2.30. The van der Waals surface area contributed by atoms with Crippen LogP contribution in [0.25, 0.3) is 0 Å². The van der Waals surface area contributed by atoms with Gasteiger partial charge in [-0.25, -0.2) is 4.39 Å². The van der Waals surface area contributed by atoms with Gasteiger partial charge in [-0.3, -0.25) is 9.78 Å². The standard InChI is InChI=1S/C19H21FN2OS/c20-16-6-4-5-15(13-16)18-7-2-1-3-12-22(18)19(23)14-24-17-8-10-21-11-9-17/h4-6,8-11,13,18H,1-3,7,12,14H2. The Balaban J connectivity index is 1.73. The van der Waals surface area contributed by atoms with E-state index in [4.69, 9.17) is 0 Å². The molecule has 3 nitrogen and oxygen atoms in total. The minimum atomic E-state index is -0.240. The smallest absolute Gasteiger partial charge is 0.233 e. The third-order valence-electron chi connectivity index (χ3n) is 4.32. The molecule has 0 aliphatic carbocycles. The van der Waals surface area contributed by atoms with E-state index in [1.165, 1.54) is 17.8 Å². The number of hydrogen-bond acceptors (Lipinski definition) is 3. The molecule has 1 aromatic heterocycles. The van der Waals surface area contributed by atoms with Crippen LogP contribution in [0.1, 0.15) is 37.3 Å². The predicted octanol–water partition coefficient (Wildman–Crippen LogP) is 4.46. The maximum atomic E-state index is 13.6. The number of nitrogens with zero attached hydrogens (tertiary/aromatic N) is 2. The van der Waals surface area contributed by atoms with Gasteiger partial charge in [0.25, 0.3) is 0 Å². The minimum absolute atomic E-state index is 0.0197. The van der Waals surface area contributed by atoms with E-state index in [1.54, 1.807) is 24.5 Å². The molecular weight excluding hydrogens is 323 g/mol. The quantitative estimate of drug-likeness (QED) is 0.768. The first-order chi connectivity index (χ1) is 11.7. The Morgan fingerprint density at radius 1 is 1.21 bits per heavy atom. The molecule has 3 rings (SSSR count). The third kappa shape index (κ3) is 4.35. The zero-order chi connectivity index (χ0) is 16.8. The second-order valence-corrected chi connectivity index (χ2v) is 7.03. The molecule has 0 spiro atoms. The van der Waals surface area contributed by atoms with Gasteiger partial charge in [0.1, 0.15) is 5.82 Å². The molecule has 0 saturated carbocycles. The fourth-order valence-corrected chi connectivity index (χ4v) is 3.90. The molecule has 1 aliphatic heterocycles. The van der Waals surface area contributed by atoms with Gasteiger partial charge in [0, 0.05) is 23.8 Å². The lowest BCUT2D eigenvalue weighted by atomic mass is 10.0. The van der Waals surface area contributed by atoms with Crippen LogP contribution in [0.15, 0.2) is 53.7 Å². The molecule has 2 heterocycles. The summed E-state index contributed by atoms with van der Waals surface area (Å²) in [6.07, 6.45) is 7.56. The summed E-state index contributed by atoms with van der Waals surface area (Å²) in [5.74, 6) is 0.277. The number of carbonyl (C=O) groups is 1. The van der Waals surface area contributed by atoms with Crippen LogP contribution in [0.3, 0.4) is 0 Å². The van der Waals surface area contributed by atoms with Gasteiger partial charge in [-0.15, -0.1) is 11.8 Å².